The van der Waals surface area contributed by atoms with Crippen LogP contribution < -0.4 is 4.89 Å². The normalized spacial score (nSPS) is 14.8. The Bertz CT molecular complexity index is 1320. The molecule has 0 aromatic heterocycles. The number of unbranched alkanes of at least 4 members (excludes halogenated alkanes) is 9. The van der Waals surface area contributed by atoms with Gasteiger partial charge in [-0.05, 0) is 51.4 Å². The summed E-state index contributed by atoms with van der Waals surface area (Å²) >= 11 is 0. The van der Waals surface area contributed by atoms with Crippen LogP contribution in [0, 0.1) is 0 Å². The molecule has 316 valence electrons. The molecule has 0 saturated heterocycles. The Balaban J connectivity index is 4.60. The molecule has 0 fully saturated rings. The summed E-state index contributed by atoms with van der Waals surface area (Å²) in [6, 6.07) is 0. The van der Waals surface area contributed by atoms with Crippen LogP contribution in [0.15, 0.2) is 109 Å². The van der Waals surface area contributed by atoms with Gasteiger partial charge in [-0.2, -0.15) is 0 Å². The molecule has 10 heteroatoms. The minimum atomic E-state index is -4.65. The van der Waals surface area contributed by atoms with Crippen LogP contribution in [-0.4, -0.2) is 70.0 Å². The average molecular weight is 800 g/mol. The first kappa shape index (κ1) is 52.7. The Hall–Kier alpha value is -3.33. The highest BCUT2D eigenvalue weighted by atomic mass is 31.2. The minimum absolute atomic E-state index is 0.0549. The second-order valence-electron chi connectivity index (χ2n) is 14.4. The summed E-state index contributed by atoms with van der Waals surface area (Å²) in [4.78, 5) is 37.4. The SMILES string of the molecule is CC/C=C/C=C/C=C/C=C/C=C/C=C/C=C/CCCCCC(=O)OCC(COP(=O)([O-])OCC[N+](C)(C)C)OC(=O)CC/C=C/C/C=C/CCCCCCCC. The van der Waals surface area contributed by atoms with Gasteiger partial charge in [-0.1, -0.05) is 162 Å². The molecule has 56 heavy (non-hydrogen) atoms. The van der Waals surface area contributed by atoms with E-state index in [1.165, 1.54) is 38.5 Å². The fraction of sp³-hybridized carbons (Fsp3) is 0.565. The largest absolute Gasteiger partial charge is 0.756 e. The van der Waals surface area contributed by atoms with E-state index >= 15 is 0 Å². The van der Waals surface area contributed by atoms with Gasteiger partial charge in [-0.3, -0.25) is 14.2 Å². The van der Waals surface area contributed by atoms with E-state index in [-0.39, 0.29) is 26.1 Å². The molecule has 0 bridgehead atoms. The summed E-state index contributed by atoms with van der Waals surface area (Å²) < 4.78 is 33.7. The molecule has 0 spiro atoms. The number of carbonyl (C=O) groups is 2. The maximum atomic E-state index is 12.6. The lowest BCUT2D eigenvalue weighted by atomic mass is 10.1. The Kier molecular flexibility index (Phi) is 35.0. The van der Waals surface area contributed by atoms with Gasteiger partial charge in [0.1, 0.15) is 19.8 Å². The van der Waals surface area contributed by atoms with Crippen molar-refractivity contribution in [3.05, 3.63) is 109 Å². The number of phosphoric acid groups is 1. The standard InChI is InChI=1S/C46H74NO8P/c1-6-8-10-12-14-16-18-20-21-22-23-24-25-27-28-30-32-34-36-38-45(48)52-42-44(43-54-56(50,51)53-41-40-47(3,4)5)55-46(49)39-37-35-33-31-29-26-19-17-15-13-11-9-7-2/h8,10,12,14,16,18,20-29,33,35,44H,6-7,9,11,13,15,17,19,30-32,34,36-43H2,1-5H3/b10-8+,14-12+,18-16+,21-20+,23-22+,25-24+,28-27+,29-26+,35-33+. The van der Waals surface area contributed by atoms with Crippen LogP contribution in [0.1, 0.15) is 117 Å². The highest BCUT2D eigenvalue weighted by molar-refractivity contribution is 7.45. The van der Waals surface area contributed by atoms with E-state index in [2.05, 4.69) is 38.2 Å². The van der Waals surface area contributed by atoms with E-state index in [4.69, 9.17) is 18.5 Å². The minimum Gasteiger partial charge on any atom is -0.756 e. The van der Waals surface area contributed by atoms with Crippen molar-refractivity contribution in [3.8, 4) is 0 Å². The summed E-state index contributed by atoms with van der Waals surface area (Å²) in [5.74, 6) is -0.980. The molecule has 0 aromatic carbocycles. The number of nitrogens with zero attached hydrogens (tertiary/aromatic N) is 1. The van der Waals surface area contributed by atoms with Crippen molar-refractivity contribution in [2.45, 2.75) is 123 Å². The number of ether oxygens (including phenoxy) is 2. The van der Waals surface area contributed by atoms with Crippen molar-refractivity contribution in [1.29, 1.82) is 0 Å². The van der Waals surface area contributed by atoms with Gasteiger partial charge in [0, 0.05) is 12.8 Å². The van der Waals surface area contributed by atoms with Crippen molar-refractivity contribution < 1.29 is 42.1 Å². The van der Waals surface area contributed by atoms with E-state index < -0.39 is 32.5 Å². The van der Waals surface area contributed by atoms with Crippen molar-refractivity contribution in [2.24, 2.45) is 0 Å². The van der Waals surface area contributed by atoms with E-state index in [1.807, 2.05) is 106 Å². The molecule has 0 saturated carbocycles. The van der Waals surface area contributed by atoms with Gasteiger partial charge >= 0.3 is 11.9 Å². The number of phosphoric ester groups is 1. The Morgan fingerprint density at radius 2 is 1.12 bits per heavy atom. The van der Waals surface area contributed by atoms with Crippen molar-refractivity contribution in [1.82, 2.24) is 0 Å². The number of hydrogen-bond acceptors (Lipinski definition) is 8. The molecule has 2 atom stereocenters. The van der Waals surface area contributed by atoms with Crippen LogP contribution in [0.25, 0.3) is 0 Å². The highest BCUT2D eigenvalue weighted by Gasteiger charge is 2.21. The van der Waals surface area contributed by atoms with E-state index in [9.17, 15) is 19.0 Å². The lowest BCUT2D eigenvalue weighted by Crippen LogP contribution is -2.37. The van der Waals surface area contributed by atoms with E-state index in [0.29, 0.717) is 23.9 Å². The molecule has 0 rings (SSSR count). The van der Waals surface area contributed by atoms with Gasteiger partial charge in [0.15, 0.2) is 6.10 Å². The molecule has 0 radical (unpaired) electrons. The third-order valence-electron chi connectivity index (χ3n) is 7.99. The summed E-state index contributed by atoms with van der Waals surface area (Å²) in [5, 5.41) is 0. The van der Waals surface area contributed by atoms with Gasteiger partial charge in [0.25, 0.3) is 7.82 Å². The molecule has 0 aromatic rings. The number of quaternary nitrogens is 1. The molecule has 0 amide bonds. The van der Waals surface area contributed by atoms with Crippen molar-refractivity contribution >= 4 is 19.8 Å². The van der Waals surface area contributed by atoms with Gasteiger partial charge in [-0.15, -0.1) is 0 Å². The molecular weight excluding hydrogens is 725 g/mol. The maximum absolute atomic E-state index is 12.6. The molecule has 9 nitrogen and oxygen atoms in total. The maximum Gasteiger partial charge on any atom is 0.306 e. The zero-order valence-electron chi connectivity index (χ0n) is 35.3. The number of likely N-dealkylation sites (N-methyl/N-ethyl adjacent to an activating group) is 1. The average Bonchev–Trinajstić information content (AvgIpc) is 3.15. The van der Waals surface area contributed by atoms with E-state index in [0.717, 1.165) is 38.5 Å². The second-order valence-corrected chi connectivity index (χ2v) is 15.9. The topological polar surface area (TPSA) is 111 Å². The van der Waals surface area contributed by atoms with Crippen LogP contribution in [-0.2, 0) is 32.7 Å². The number of hydrogen-bond donors (Lipinski definition) is 0. The fourth-order valence-corrected chi connectivity index (χ4v) is 5.48. The lowest BCUT2D eigenvalue weighted by molar-refractivity contribution is -0.870. The first-order chi connectivity index (χ1) is 27.0. The van der Waals surface area contributed by atoms with Crippen LogP contribution in [0.2, 0.25) is 0 Å². The molecular formula is C46H74NO8P. The quantitative estimate of drug-likeness (QED) is 0.0156. The number of carbonyl (C=O) groups excluding carboxylic acids is 2. The second kappa shape index (κ2) is 37.3. The van der Waals surface area contributed by atoms with Crippen LogP contribution in [0.5, 0.6) is 0 Å². The molecule has 0 aliphatic heterocycles. The Morgan fingerprint density at radius 3 is 1.73 bits per heavy atom. The molecule has 0 aliphatic rings. The summed E-state index contributed by atoms with van der Waals surface area (Å²) in [6.45, 7) is 3.90. The first-order valence-electron chi connectivity index (χ1n) is 20.7. The monoisotopic (exact) mass is 800 g/mol. The Labute approximate surface area is 340 Å². The lowest BCUT2D eigenvalue weighted by Gasteiger charge is -2.28. The molecule has 0 N–H and O–H groups in total. The van der Waals surface area contributed by atoms with E-state index in [1.54, 1.807) is 0 Å². The third kappa shape index (κ3) is 40.3. The summed E-state index contributed by atoms with van der Waals surface area (Å²) in [7, 11) is 1.08. The first-order valence-corrected chi connectivity index (χ1v) is 22.2. The van der Waals surface area contributed by atoms with Crippen LogP contribution in [0.4, 0.5) is 0 Å². The summed E-state index contributed by atoms with van der Waals surface area (Å²) in [6.07, 6.45) is 49.9. The van der Waals surface area contributed by atoms with Crippen molar-refractivity contribution in [3.63, 3.8) is 0 Å². The molecule has 2 unspecified atom stereocenters. The number of esters is 2. The van der Waals surface area contributed by atoms with Gasteiger partial charge in [-0.25, -0.2) is 0 Å². The number of allylic oxidation sites excluding steroid dienone is 18. The predicted octanol–water partition coefficient (Wildman–Crippen LogP) is 10.9. The van der Waals surface area contributed by atoms with Crippen molar-refractivity contribution in [2.75, 3.05) is 47.5 Å². The van der Waals surface area contributed by atoms with Gasteiger partial charge in [0.2, 0.25) is 0 Å². The third-order valence-corrected chi connectivity index (χ3v) is 8.95. The van der Waals surface area contributed by atoms with Gasteiger partial charge in [0.05, 0.1) is 27.7 Å². The van der Waals surface area contributed by atoms with Crippen LogP contribution >= 0.6 is 7.82 Å². The molecule has 0 heterocycles. The molecule has 0 aliphatic carbocycles. The van der Waals surface area contributed by atoms with Gasteiger partial charge < -0.3 is 27.9 Å². The zero-order chi connectivity index (χ0) is 41.4. The number of rotatable bonds is 35. The highest BCUT2D eigenvalue weighted by Crippen LogP contribution is 2.38. The zero-order valence-corrected chi connectivity index (χ0v) is 36.2. The van der Waals surface area contributed by atoms with Crippen LogP contribution in [0.3, 0.4) is 0 Å². The smallest absolute Gasteiger partial charge is 0.306 e. The fourth-order valence-electron chi connectivity index (χ4n) is 4.75. The predicted molar refractivity (Wildman–Crippen MR) is 231 cm³/mol. The summed E-state index contributed by atoms with van der Waals surface area (Å²) in [5.41, 5.74) is 0. The Morgan fingerprint density at radius 1 is 0.589 bits per heavy atom.